The van der Waals surface area contributed by atoms with Crippen molar-refractivity contribution in [1.29, 1.82) is 0 Å². The van der Waals surface area contributed by atoms with Gasteiger partial charge in [0.15, 0.2) is 5.69 Å². The minimum Gasteiger partial charge on any atom is -0.394 e. The third-order valence-corrected chi connectivity index (χ3v) is 1.48. The summed E-state index contributed by atoms with van der Waals surface area (Å²) in [5.41, 5.74) is 0.253. The number of carbonyl (C=O) groups is 1. The molecule has 6 nitrogen and oxygen atoms in total. The Morgan fingerprint density at radius 1 is 1.85 bits per heavy atom. The van der Waals surface area contributed by atoms with Crippen molar-refractivity contribution in [1.82, 2.24) is 20.3 Å². The number of carbonyl (C=O) groups excluding carboxylic acids is 1. The van der Waals surface area contributed by atoms with Crippen molar-refractivity contribution in [3.05, 3.63) is 11.9 Å². The summed E-state index contributed by atoms with van der Waals surface area (Å²) in [6.07, 6.45) is 1.37. The third-order valence-electron chi connectivity index (χ3n) is 1.48. The molecule has 72 valence electrons. The molecule has 0 aromatic carbocycles. The Kier molecular flexibility index (Phi) is 2.97. The fraction of sp³-hybridized carbons (Fsp3) is 0.571. The number of aliphatic hydroxyl groups is 1. The van der Waals surface area contributed by atoms with Crippen LogP contribution in [0.2, 0.25) is 0 Å². The number of aryl methyl sites for hydroxylation is 1. The van der Waals surface area contributed by atoms with Gasteiger partial charge in [-0.1, -0.05) is 0 Å². The molecule has 1 rings (SSSR count). The molecular formula is C7H12N4O2. The van der Waals surface area contributed by atoms with Gasteiger partial charge in [0.25, 0.3) is 5.91 Å². The van der Waals surface area contributed by atoms with Gasteiger partial charge in [-0.2, -0.15) is 9.90 Å². The summed E-state index contributed by atoms with van der Waals surface area (Å²) in [5.74, 6) is -0.324. The van der Waals surface area contributed by atoms with Crippen molar-refractivity contribution in [2.75, 3.05) is 6.61 Å². The predicted molar refractivity (Wildman–Crippen MR) is 45.0 cm³/mol. The van der Waals surface area contributed by atoms with Gasteiger partial charge in [0.05, 0.1) is 12.8 Å². The highest BCUT2D eigenvalue weighted by Gasteiger charge is 2.11. The van der Waals surface area contributed by atoms with Gasteiger partial charge in [0, 0.05) is 13.1 Å². The van der Waals surface area contributed by atoms with Gasteiger partial charge in [-0.05, 0) is 6.92 Å². The van der Waals surface area contributed by atoms with Gasteiger partial charge in [0.1, 0.15) is 0 Å². The lowest BCUT2D eigenvalue weighted by atomic mass is 10.3. The van der Waals surface area contributed by atoms with Crippen molar-refractivity contribution in [3.8, 4) is 0 Å². The van der Waals surface area contributed by atoms with E-state index in [1.165, 1.54) is 11.0 Å². The molecule has 0 aliphatic heterocycles. The van der Waals surface area contributed by atoms with E-state index in [0.29, 0.717) is 0 Å². The van der Waals surface area contributed by atoms with Gasteiger partial charge in [-0.3, -0.25) is 4.79 Å². The summed E-state index contributed by atoms with van der Waals surface area (Å²) in [5, 5.41) is 18.8. The quantitative estimate of drug-likeness (QED) is 0.626. The number of hydrogen-bond donors (Lipinski definition) is 2. The van der Waals surface area contributed by atoms with Crippen LogP contribution in [0.1, 0.15) is 17.4 Å². The van der Waals surface area contributed by atoms with Crippen LogP contribution in [0.3, 0.4) is 0 Å². The van der Waals surface area contributed by atoms with E-state index in [2.05, 4.69) is 15.5 Å². The van der Waals surface area contributed by atoms with Crippen molar-refractivity contribution in [3.63, 3.8) is 0 Å². The van der Waals surface area contributed by atoms with E-state index in [9.17, 15) is 4.79 Å². The van der Waals surface area contributed by atoms with E-state index >= 15 is 0 Å². The maximum atomic E-state index is 11.3. The second-order valence-electron chi connectivity index (χ2n) is 2.78. The molecule has 6 heteroatoms. The van der Waals surface area contributed by atoms with Crippen molar-refractivity contribution in [2.24, 2.45) is 7.05 Å². The zero-order chi connectivity index (χ0) is 9.84. The number of nitrogens with one attached hydrogen (secondary N) is 1. The summed E-state index contributed by atoms with van der Waals surface area (Å²) < 4.78 is 0. The van der Waals surface area contributed by atoms with E-state index in [0.717, 1.165) is 0 Å². The highest BCUT2D eigenvalue weighted by molar-refractivity contribution is 5.91. The Morgan fingerprint density at radius 3 is 3.00 bits per heavy atom. The SMILES string of the molecule is CC(CO)NC(=O)c1cnn(C)n1. The fourth-order valence-corrected chi connectivity index (χ4v) is 0.793. The van der Waals surface area contributed by atoms with E-state index in [-0.39, 0.29) is 24.2 Å². The molecule has 1 aromatic heterocycles. The summed E-state index contributed by atoms with van der Waals surface area (Å²) in [6.45, 7) is 1.61. The van der Waals surface area contributed by atoms with E-state index in [1.807, 2.05) is 0 Å². The normalized spacial score (nSPS) is 12.5. The lowest BCUT2D eigenvalue weighted by Gasteiger charge is -2.07. The van der Waals surface area contributed by atoms with E-state index in [1.54, 1.807) is 14.0 Å². The first kappa shape index (κ1) is 9.66. The van der Waals surface area contributed by atoms with Gasteiger partial charge in [-0.15, -0.1) is 5.10 Å². The molecule has 1 unspecified atom stereocenters. The minimum atomic E-state index is -0.324. The molecular weight excluding hydrogens is 172 g/mol. The third kappa shape index (κ3) is 2.51. The van der Waals surface area contributed by atoms with Crippen LogP contribution in [0.15, 0.2) is 6.20 Å². The van der Waals surface area contributed by atoms with Crippen molar-refractivity contribution in [2.45, 2.75) is 13.0 Å². The van der Waals surface area contributed by atoms with Crippen LogP contribution in [-0.2, 0) is 7.05 Å². The standard InChI is InChI=1S/C7H12N4O2/c1-5(4-12)9-7(13)6-3-8-11(2)10-6/h3,5,12H,4H2,1-2H3,(H,9,13). The first-order valence-corrected chi connectivity index (χ1v) is 3.91. The molecule has 1 aromatic rings. The fourth-order valence-electron chi connectivity index (χ4n) is 0.793. The Hall–Kier alpha value is -1.43. The first-order chi connectivity index (χ1) is 6.13. The van der Waals surface area contributed by atoms with Gasteiger partial charge in [-0.25, -0.2) is 0 Å². The van der Waals surface area contributed by atoms with Gasteiger partial charge >= 0.3 is 0 Å². The number of nitrogens with zero attached hydrogens (tertiary/aromatic N) is 3. The van der Waals surface area contributed by atoms with Crippen LogP contribution in [0.5, 0.6) is 0 Å². The molecule has 0 bridgehead atoms. The van der Waals surface area contributed by atoms with Crippen molar-refractivity contribution < 1.29 is 9.90 Å². The Bertz CT molecular complexity index is 296. The average molecular weight is 184 g/mol. The molecule has 0 spiro atoms. The molecule has 13 heavy (non-hydrogen) atoms. The second-order valence-corrected chi connectivity index (χ2v) is 2.78. The number of aromatic nitrogens is 3. The zero-order valence-corrected chi connectivity index (χ0v) is 7.56. The van der Waals surface area contributed by atoms with Gasteiger partial charge < -0.3 is 10.4 Å². The summed E-state index contributed by atoms with van der Waals surface area (Å²) in [7, 11) is 1.63. The van der Waals surface area contributed by atoms with Crippen LogP contribution < -0.4 is 5.32 Å². The largest absolute Gasteiger partial charge is 0.394 e. The monoisotopic (exact) mass is 184 g/mol. The highest BCUT2D eigenvalue weighted by Crippen LogP contribution is 1.91. The molecule has 0 saturated carbocycles. The lowest BCUT2D eigenvalue weighted by molar-refractivity contribution is 0.0916. The summed E-state index contributed by atoms with van der Waals surface area (Å²) in [6, 6.07) is -0.269. The first-order valence-electron chi connectivity index (χ1n) is 3.91. The van der Waals surface area contributed by atoms with Crippen LogP contribution in [0, 0.1) is 0 Å². The van der Waals surface area contributed by atoms with Crippen molar-refractivity contribution >= 4 is 5.91 Å². The molecule has 0 aliphatic rings. The Balaban J connectivity index is 2.58. The smallest absolute Gasteiger partial charge is 0.273 e. The van der Waals surface area contributed by atoms with Crippen LogP contribution in [0.4, 0.5) is 0 Å². The molecule has 1 heterocycles. The van der Waals surface area contributed by atoms with Gasteiger partial charge in [0.2, 0.25) is 0 Å². The zero-order valence-electron chi connectivity index (χ0n) is 7.56. The molecule has 0 aliphatic carbocycles. The molecule has 1 amide bonds. The molecule has 1 atom stereocenters. The highest BCUT2D eigenvalue weighted by atomic mass is 16.3. The molecule has 2 N–H and O–H groups in total. The predicted octanol–water partition coefficient (Wildman–Crippen LogP) is -1.07. The number of amides is 1. The summed E-state index contributed by atoms with van der Waals surface area (Å²) in [4.78, 5) is 12.6. The number of rotatable bonds is 3. The number of hydrogen-bond acceptors (Lipinski definition) is 4. The maximum Gasteiger partial charge on any atom is 0.273 e. The lowest BCUT2D eigenvalue weighted by Crippen LogP contribution is -2.35. The molecule has 0 fully saturated rings. The average Bonchev–Trinajstić information content (AvgIpc) is 2.51. The Morgan fingerprint density at radius 2 is 2.54 bits per heavy atom. The Labute approximate surface area is 75.6 Å². The maximum absolute atomic E-state index is 11.3. The van der Waals surface area contributed by atoms with Crippen LogP contribution in [0.25, 0.3) is 0 Å². The second kappa shape index (κ2) is 3.99. The van der Waals surface area contributed by atoms with Crippen LogP contribution >= 0.6 is 0 Å². The molecule has 0 saturated heterocycles. The topological polar surface area (TPSA) is 80.0 Å². The summed E-state index contributed by atoms with van der Waals surface area (Å²) >= 11 is 0. The number of aliphatic hydroxyl groups excluding tert-OH is 1. The molecule has 0 radical (unpaired) electrons. The van der Waals surface area contributed by atoms with Crippen LogP contribution in [-0.4, -0.2) is 38.7 Å². The minimum absolute atomic E-state index is 0.0913. The van der Waals surface area contributed by atoms with E-state index in [4.69, 9.17) is 5.11 Å². The van der Waals surface area contributed by atoms with E-state index < -0.39 is 0 Å².